The Morgan fingerprint density at radius 2 is 1.55 bits per heavy atom. The summed E-state index contributed by atoms with van der Waals surface area (Å²) in [6.45, 7) is 2.76. The van der Waals surface area contributed by atoms with Crippen molar-refractivity contribution in [3.8, 4) is 0 Å². The number of hydrogen-bond donors (Lipinski definition) is 5. The van der Waals surface area contributed by atoms with Crippen LogP contribution in [0.1, 0.15) is 63.9 Å². The number of carbonyl (C=O) groups excluding carboxylic acids is 4. The molecule has 2 amide bonds. The molecule has 1 unspecified atom stereocenters. The Bertz CT molecular complexity index is 1050. The van der Waals surface area contributed by atoms with Gasteiger partial charge in [-0.25, -0.2) is 9.59 Å². The average molecular weight is 635 g/mol. The van der Waals surface area contributed by atoms with Crippen molar-refractivity contribution in [1.29, 1.82) is 0 Å². The smallest absolute Gasteiger partial charge is 0.475 e. The van der Waals surface area contributed by atoms with E-state index in [2.05, 4.69) is 16.0 Å². The number of rotatable bonds is 15. The Balaban J connectivity index is 0.00000123. The molecule has 15 heteroatoms. The van der Waals surface area contributed by atoms with E-state index in [9.17, 15) is 36.7 Å². The fraction of sp³-hybridized carbons (Fsp3) is 0.621. The van der Waals surface area contributed by atoms with Gasteiger partial charge in [0, 0.05) is 0 Å². The van der Waals surface area contributed by atoms with Crippen LogP contribution >= 0.6 is 0 Å². The standard InChI is InChI=1S/C27H41FN4O5.C2HF3O2/c1-2-3-11-23(27(36)37-26(35)20-13-16-30-17-14-20)32-25(34)22(12-7-8-15-28)31-24(33)21(29)18-19-9-5-4-6-10-19;3-2(4,5)1(6)7/h4-6,9-10,20-23,30H,2-3,7-8,11-18,29H2,1H3,(H,31,33)(H,32,34);(H,6,7)/t21-,22-,23?;/m1./s1. The zero-order valence-corrected chi connectivity index (χ0v) is 24.7. The molecule has 1 fully saturated rings. The highest BCUT2D eigenvalue weighted by atomic mass is 19.4. The van der Waals surface area contributed by atoms with E-state index in [0.29, 0.717) is 45.2 Å². The van der Waals surface area contributed by atoms with E-state index < -0.39 is 60.7 Å². The van der Waals surface area contributed by atoms with E-state index in [1.54, 1.807) is 0 Å². The lowest BCUT2D eigenvalue weighted by Crippen LogP contribution is -2.55. The molecule has 2 rings (SSSR count). The Labute approximate surface area is 253 Å². The number of halogens is 4. The van der Waals surface area contributed by atoms with Crippen molar-refractivity contribution in [2.24, 2.45) is 11.7 Å². The number of benzene rings is 1. The molecule has 1 aliphatic rings. The summed E-state index contributed by atoms with van der Waals surface area (Å²) in [6, 6.07) is 6.34. The molecule has 0 spiro atoms. The van der Waals surface area contributed by atoms with Crippen LogP contribution in [0.2, 0.25) is 0 Å². The second-order valence-corrected chi connectivity index (χ2v) is 10.3. The van der Waals surface area contributed by atoms with Crippen molar-refractivity contribution in [1.82, 2.24) is 16.0 Å². The minimum absolute atomic E-state index is 0.184. The third-order valence-corrected chi connectivity index (χ3v) is 6.71. The van der Waals surface area contributed by atoms with Crippen molar-refractivity contribution in [3.63, 3.8) is 0 Å². The van der Waals surface area contributed by atoms with Gasteiger partial charge in [-0.15, -0.1) is 0 Å². The number of amides is 2. The molecule has 11 nitrogen and oxygen atoms in total. The van der Waals surface area contributed by atoms with Gasteiger partial charge in [0.25, 0.3) is 0 Å². The first kappa shape index (κ1) is 38.4. The molecule has 0 aromatic heterocycles. The molecule has 1 aromatic rings. The van der Waals surface area contributed by atoms with Crippen molar-refractivity contribution >= 4 is 29.7 Å². The molecule has 3 atom stereocenters. The Kier molecular flexibility index (Phi) is 17.8. The lowest BCUT2D eigenvalue weighted by atomic mass is 9.98. The average Bonchev–Trinajstić information content (AvgIpc) is 2.99. The zero-order chi connectivity index (χ0) is 33.1. The molecule has 1 aromatic carbocycles. The van der Waals surface area contributed by atoms with Gasteiger partial charge < -0.3 is 31.5 Å². The number of unbranched alkanes of at least 4 members (excludes halogenated alkanes) is 2. The highest BCUT2D eigenvalue weighted by Gasteiger charge is 2.38. The van der Waals surface area contributed by atoms with Crippen molar-refractivity contribution in [2.45, 2.75) is 89.0 Å². The van der Waals surface area contributed by atoms with Gasteiger partial charge in [0.2, 0.25) is 11.8 Å². The molecule has 0 aliphatic carbocycles. The Morgan fingerprint density at radius 1 is 0.977 bits per heavy atom. The van der Waals surface area contributed by atoms with Crippen LogP contribution in [0.15, 0.2) is 30.3 Å². The normalized spacial score (nSPS) is 15.5. The van der Waals surface area contributed by atoms with E-state index in [4.69, 9.17) is 20.4 Å². The molecule has 44 heavy (non-hydrogen) atoms. The summed E-state index contributed by atoms with van der Waals surface area (Å²) in [4.78, 5) is 60.1. The van der Waals surface area contributed by atoms with Crippen LogP contribution < -0.4 is 21.7 Å². The van der Waals surface area contributed by atoms with Gasteiger partial charge in [-0.3, -0.25) is 18.8 Å². The third-order valence-electron chi connectivity index (χ3n) is 6.71. The van der Waals surface area contributed by atoms with Gasteiger partial charge in [0.1, 0.15) is 12.1 Å². The highest BCUT2D eigenvalue weighted by Crippen LogP contribution is 2.15. The van der Waals surface area contributed by atoms with E-state index >= 15 is 0 Å². The molecular weight excluding hydrogens is 592 g/mol. The first-order chi connectivity index (χ1) is 20.8. The number of alkyl halides is 4. The van der Waals surface area contributed by atoms with Gasteiger partial charge >= 0.3 is 24.1 Å². The van der Waals surface area contributed by atoms with Crippen LogP contribution in [-0.4, -0.2) is 78.9 Å². The highest BCUT2D eigenvalue weighted by molar-refractivity contribution is 5.94. The van der Waals surface area contributed by atoms with Crippen LogP contribution in [0.3, 0.4) is 0 Å². The molecule has 0 bridgehead atoms. The number of piperidine rings is 1. The Hall–Kier alpha value is -3.59. The fourth-order valence-corrected chi connectivity index (χ4v) is 4.19. The molecule has 1 heterocycles. The van der Waals surface area contributed by atoms with E-state index in [1.165, 1.54) is 0 Å². The van der Waals surface area contributed by atoms with Crippen LogP contribution in [0.5, 0.6) is 0 Å². The molecule has 0 saturated carbocycles. The molecule has 1 saturated heterocycles. The predicted octanol–water partition coefficient (Wildman–Crippen LogP) is 2.56. The SMILES string of the molecule is CCCCC(NC(=O)[C@@H](CCCCF)NC(=O)[C@H](N)Cc1ccccc1)C(=O)OC(=O)C1CCNCC1.O=C(O)C(F)(F)F. The monoisotopic (exact) mass is 634 g/mol. The summed E-state index contributed by atoms with van der Waals surface area (Å²) in [6.07, 6.45) is -1.15. The maximum atomic E-state index is 13.2. The van der Waals surface area contributed by atoms with Gasteiger partial charge in [-0.05, 0) is 63.6 Å². The maximum absolute atomic E-state index is 13.2. The summed E-state index contributed by atoms with van der Waals surface area (Å²) < 4.78 is 49.6. The largest absolute Gasteiger partial charge is 0.490 e. The third kappa shape index (κ3) is 15.2. The molecule has 6 N–H and O–H groups in total. The first-order valence-corrected chi connectivity index (χ1v) is 14.5. The number of carboxylic acid groups (broad SMARTS) is 1. The van der Waals surface area contributed by atoms with E-state index in [-0.39, 0.29) is 25.2 Å². The number of aliphatic carboxylic acids is 1. The predicted molar refractivity (Wildman–Crippen MR) is 152 cm³/mol. The number of carbonyl (C=O) groups is 5. The van der Waals surface area contributed by atoms with Gasteiger partial charge in [-0.1, -0.05) is 50.1 Å². The van der Waals surface area contributed by atoms with Gasteiger partial charge in [0.15, 0.2) is 0 Å². The van der Waals surface area contributed by atoms with Crippen molar-refractivity contribution < 1.29 is 51.4 Å². The quantitative estimate of drug-likeness (QED) is 0.0840. The summed E-state index contributed by atoms with van der Waals surface area (Å²) in [5, 5.41) is 15.6. The minimum atomic E-state index is -5.08. The van der Waals surface area contributed by atoms with Gasteiger partial charge in [-0.2, -0.15) is 13.2 Å². The summed E-state index contributed by atoms with van der Waals surface area (Å²) in [7, 11) is 0. The summed E-state index contributed by atoms with van der Waals surface area (Å²) in [5.41, 5.74) is 6.95. The number of ether oxygens (including phenoxy) is 1. The Morgan fingerprint density at radius 3 is 2.09 bits per heavy atom. The maximum Gasteiger partial charge on any atom is 0.490 e. The fourth-order valence-electron chi connectivity index (χ4n) is 4.19. The number of nitrogens with one attached hydrogen (secondary N) is 3. The number of nitrogens with two attached hydrogens (primary N) is 1. The number of esters is 2. The van der Waals surface area contributed by atoms with Crippen molar-refractivity contribution in [3.05, 3.63) is 35.9 Å². The second-order valence-electron chi connectivity index (χ2n) is 10.3. The van der Waals surface area contributed by atoms with Crippen LogP contribution in [0.4, 0.5) is 17.6 Å². The lowest BCUT2D eigenvalue weighted by molar-refractivity contribution is -0.192. The first-order valence-electron chi connectivity index (χ1n) is 14.5. The number of hydrogen-bond acceptors (Lipinski definition) is 8. The van der Waals surface area contributed by atoms with Crippen LogP contribution in [0.25, 0.3) is 0 Å². The summed E-state index contributed by atoms with van der Waals surface area (Å²) >= 11 is 0. The van der Waals surface area contributed by atoms with Crippen LogP contribution in [0, 0.1) is 5.92 Å². The molecule has 1 aliphatic heterocycles. The topological polar surface area (TPSA) is 177 Å². The van der Waals surface area contributed by atoms with E-state index in [1.807, 2.05) is 37.3 Å². The molecule has 248 valence electrons. The summed E-state index contributed by atoms with van der Waals surface area (Å²) in [5.74, 6) is -5.61. The van der Waals surface area contributed by atoms with Crippen molar-refractivity contribution in [2.75, 3.05) is 19.8 Å². The minimum Gasteiger partial charge on any atom is -0.475 e. The van der Waals surface area contributed by atoms with Gasteiger partial charge in [0.05, 0.1) is 18.6 Å². The molecular formula is C29H42F4N4O7. The second kappa shape index (κ2) is 20.4. The zero-order valence-electron chi connectivity index (χ0n) is 24.7. The van der Waals surface area contributed by atoms with Crippen LogP contribution in [-0.2, 0) is 35.1 Å². The lowest BCUT2D eigenvalue weighted by Gasteiger charge is -2.25. The number of carboxylic acids is 1. The van der Waals surface area contributed by atoms with E-state index in [0.717, 1.165) is 12.0 Å². The molecule has 0 radical (unpaired) electrons.